The predicted octanol–water partition coefficient (Wildman–Crippen LogP) is 1.55. The first-order chi connectivity index (χ1) is 7.74. The predicted molar refractivity (Wildman–Crippen MR) is 67.8 cm³/mol. The average Bonchev–Trinajstić information content (AvgIpc) is 2.62. The fourth-order valence-corrected chi connectivity index (χ4v) is 1.45. The molecule has 0 atom stereocenters. The van der Waals surface area contributed by atoms with Gasteiger partial charge in [0.25, 0.3) is 0 Å². The molecule has 0 aromatic carbocycles. The van der Waals surface area contributed by atoms with Crippen molar-refractivity contribution in [3.63, 3.8) is 0 Å². The van der Waals surface area contributed by atoms with E-state index in [-0.39, 0.29) is 11.1 Å². The third kappa shape index (κ3) is 4.44. The van der Waals surface area contributed by atoms with Gasteiger partial charge in [-0.25, -0.2) is 4.68 Å². The molecule has 5 heteroatoms. The van der Waals surface area contributed by atoms with Crippen LogP contribution in [0.25, 0.3) is 0 Å². The SMILES string of the molecule is COCC(C)(C)NCc1cn(C(C)(C)C)nn1. The summed E-state index contributed by atoms with van der Waals surface area (Å²) in [6.45, 7) is 11.9. The molecule has 1 aromatic rings. The van der Waals surface area contributed by atoms with E-state index < -0.39 is 0 Å². The molecular formula is C12H24N4O. The van der Waals surface area contributed by atoms with E-state index in [1.54, 1.807) is 7.11 Å². The number of nitrogens with one attached hydrogen (secondary N) is 1. The molecule has 1 aromatic heterocycles. The zero-order chi connectivity index (χ0) is 13.1. The molecule has 1 N–H and O–H groups in total. The van der Waals surface area contributed by atoms with E-state index >= 15 is 0 Å². The first-order valence-corrected chi connectivity index (χ1v) is 5.90. The summed E-state index contributed by atoms with van der Waals surface area (Å²) in [5.41, 5.74) is 0.872. The molecule has 17 heavy (non-hydrogen) atoms. The average molecular weight is 240 g/mol. The summed E-state index contributed by atoms with van der Waals surface area (Å²) in [6, 6.07) is 0. The molecule has 0 radical (unpaired) electrons. The molecule has 0 aliphatic heterocycles. The molecule has 0 spiro atoms. The zero-order valence-corrected chi connectivity index (χ0v) is 11.7. The van der Waals surface area contributed by atoms with Gasteiger partial charge in [0.2, 0.25) is 0 Å². The molecule has 1 heterocycles. The van der Waals surface area contributed by atoms with Crippen LogP contribution in [-0.2, 0) is 16.8 Å². The maximum absolute atomic E-state index is 5.15. The Morgan fingerprint density at radius 3 is 2.41 bits per heavy atom. The highest BCUT2D eigenvalue weighted by Gasteiger charge is 2.18. The van der Waals surface area contributed by atoms with Crippen LogP contribution in [0.4, 0.5) is 0 Å². The largest absolute Gasteiger partial charge is 0.383 e. The van der Waals surface area contributed by atoms with Crippen molar-refractivity contribution in [1.82, 2.24) is 20.3 Å². The van der Waals surface area contributed by atoms with Gasteiger partial charge < -0.3 is 10.1 Å². The fraction of sp³-hybridized carbons (Fsp3) is 0.833. The number of methoxy groups -OCH3 is 1. The summed E-state index contributed by atoms with van der Waals surface area (Å²) in [5.74, 6) is 0. The lowest BCUT2D eigenvalue weighted by molar-refractivity contribution is 0.127. The van der Waals surface area contributed by atoms with Gasteiger partial charge in [0.1, 0.15) is 0 Å². The van der Waals surface area contributed by atoms with Gasteiger partial charge in [-0.1, -0.05) is 5.21 Å². The summed E-state index contributed by atoms with van der Waals surface area (Å²) in [5, 5.41) is 11.7. The van der Waals surface area contributed by atoms with Crippen LogP contribution in [0, 0.1) is 0 Å². The summed E-state index contributed by atoms with van der Waals surface area (Å²) < 4.78 is 7.03. The van der Waals surface area contributed by atoms with E-state index in [1.165, 1.54) is 0 Å². The van der Waals surface area contributed by atoms with Gasteiger partial charge in [-0.15, -0.1) is 5.10 Å². The van der Waals surface area contributed by atoms with Crippen LogP contribution in [0.2, 0.25) is 0 Å². The molecule has 1 rings (SSSR count). The van der Waals surface area contributed by atoms with Crippen LogP contribution in [0.3, 0.4) is 0 Å². The van der Waals surface area contributed by atoms with Crippen LogP contribution >= 0.6 is 0 Å². The standard InChI is InChI=1S/C12H24N4O/c1-11(2,3)16-8-10(14-15-16)7-13-12(4,5)9-17-6/h8,13H,7,9H2,1-6H3. The van der Waals surface area contributed by atoms with E-state index in [0.717, 1.165) is 5.69 Å². The van der Waals surface area contributed by atoms with Gasteiger partial charge in [-0.05, 0) is 34.6 Å². The van der Waals surface area contributed by atoms with Crippen LogP contribution in [-0.4, -0.2) is 34.2 Å². The second-order valence-electron chi connectivity index (χ2n) is 6.00. The minimum absolute atomic E-state index is 0.0205. The molecule has 5 nitrogen and oxygen atoms in total. The van der Waals surface area contributed by atoms with Gasteiger partial charge in [0, 0.05) is 19.2 Å². The highest BCUT2D eigenvalue weighted by molar-refractivity contribution is 4.95. The summed E-state index contributed by atoms with van der Waals surface area (Å²) in [4.78, 5) is 0. The Balaban J connectivity index is 2.56. The van der Waals surface area contributed by atoms with Gasteiger partial charge in [0.05, 0.1) is 24.0 Å². The Morgan fingerprint density at radius 1 is 1.29 bits per heavy atom. The molecule has 0 unspecified atom stereocenters. The number of rotatable bonds is 5. The van der Waals surface area contributed by atoms with Gasteiger partial charge in [0.15, 0.2) is 0 Å². The first kappa shape index (κ1) is 14.1. The van der Waals surface area contributed by atoms with Crippen LogP contribution in [0.15, 0.2) is 6.20 Å². The van der Waals surface area contributed by atoms with E-state index in [2.05, 4.69) is 50.2 Å². The van der Waals surface area contributed by atoms with Crippen molar-refractivity contribution in [2.75, 3.05) is 13.7 Å². The maximum Gasteiger partial charge on any atom is 0.0965 e. The fourth-order valence-electron chi connectivity index (χ4n) is 1.45. The Kier molecular flexibility index (Phi) is 4.27. The first-order valence-electron chi connectivity index (χ1n) is 5.90. The van der Waals surface area contributed by atoms with Crippen LogP contribution in [0.5, 0.6) is 0 Å². The molecule has 0 saturated carbocycles. The Hall–Kier alpha value is -0.940. The van der Waals surface area contributed by atoms with Gasteiger partial charge in [-0.2, -0.15) is 0 Å². The van der Waals surface area contributed by atoms with Crippen molar-refractivity contribution in [1.29, 1.82) is 0 Å². The van der Waals surface area contributed by atoms with Crippen molar-refractivity contribution >= 4 is 0 Å². The number of aromatic nitrogens is 3. The lowest BCUT2D eigenvalue weighted by Crippen LogP contribution is -2.42. The van der Waals surface area contributed by atoms with Crippen LogP contribution < -0.4 is 5.32 Å². The third-order valence-corrected chi connectivity index (χ3v) is 2.48. The molecule has 0 bridgehead atoms. The number of hydrogen-bond donors (Lipinski definition) is 1. The van der Waals surface area contributed by atoms with Crippen molar-refractivity contribution < 1.29 is 4.74 Å². The normalized spacial score (nSPS) is 13.1. The minimum atomic E-state index is -0.0553. The van der Waals surface area contributed by atoms with E-state index in [0.29, 0.717) is 13.2 Å². The smallest absolute Gasteiger partial charge is 0.0965 e. The Morgan fingerprint density at radius 2 is 1.94 bits per heavy atom. The minimum Gasteiger partial charge on any atom is -0.383 e. The molecule has 0 aliphatic carbocycles. The summed E-state index contributed by atoms with van der Waals surface area (Å²) in [6.07, 6.45) is 1.98. The van der Waals surface area contributed by atoms with Crippen molar-refractivity contribution in [2.45, 2.75) is 52.2 Å². The highest BCUT2D eigenvalue weighted by Crippen LogP contribution is 2.12. The zero-order valence-electron chi connectivity index (χ0n) is 11.7. The quantitative estimate of drug-likeness (QED) is 0.848. The Bertz CT molecular complexity index is 352. The highest BCUT2D eigenvalue weighted by atomic mass is 16.5. The molecular weight excluding hydrogens is 216 g/mol. The van der Waals surface area contributed by atoms with E-state index in [4.69, 9.17) is 4.74 Å². The monoisotopic (exact) mass is 240 g/mol. The maximum atomic E-state index is 5.15. The third-order valence-electron chi connectivity index (χ3n) is 2.48. The van der Waals surface area contributed by atoms with Crippen LogP contribution in [0.1, 0.15) is 40.3 Å². The van der Waals surface area contributed by atoms with Gasteiger partial charge in [-0.3, -0.25) is 0 Å². The molecule has 0 aliphatic rings. The molecule has 98 valence electrons. The van der Waals surface area contributed by atoms with Crippen molar-refractivity contribution in [3.8, 4) is 0 Å². The Labute approximate surface area is 104 Å². The molecule has 0 fully saturated rings. The number of ether oxygens (including phenoxy) is 1. The van der Waals surface area contributed by atoms with Gasteiger partial charge >= 0.3 is 0 Å². The molecule has 0 amide bonds. The van der Waals surface area contributed by atoms with Crippen molar-refractivity contribution in [3.05, 3.63) is 11.9 Å². The van der Waals surface area contributed by atoms with E-state index in [9.17, 15) is 0 Å². The second-order valence-corrected chi connectivity index (χ2v) is 6.00. The summed E-state index contributed by atoms with van der Waals surface area (Å²) in [7, 11) is 1.71. The lowest BCUT2D eigenvalue weighted by atomic mass is 10.1. The van der Waals surface area contributed by atoms with E-state index in [1.807, 2.05) is 10.9 Å². The number of nitrogens with zero attached hydrogens (tertiary/aromatic N) is 3. The summed E-state index contributed by atoms with van der Waals surface area (Å²) >= 11 is 0. The molecule has 0 saturated heterocycles. The lowest BCUT2D eigenvalue weighted by Gasteiger charge is -2.24. The topological polar surface area (TPSA) is 52.0 Å². The number of hydrogen-bond acceptors (Lipinski definition) is 4. The second kappa shape index (κ2) is 5.14. The van der Waals surface area contributed by atoms with Crippen molar-refractivity contribution in [2.24, 2.45) is 0 Å².